The highest BCUT2D eigenvalue weighted by Crippen LogP contribution is 2.16. The van der Waals surface area contributed by atoms with Crippen molar-refractivity contribution >= 4 is 11.6 Å². The molecule has 0 aliphatic rings. The van der Waals surface area contributed by atoms with Crippen LogP contribution in [0.2, 0.25) is 0 Å². The number of aryl methyl sites for hydroxylation is 1. The number of anilines is 1. The summed E-state index contributed by atoms with van der Waals surface area (Å²) < 4.78 is 4.87. The van der Waals surface area contributed by atoms with E-state index in [1.165, 1.54) is 4.90 Å². The number of hydrogen-bond acceptors (Lipinski definition) is 4. The lowest BCUT2D eigenvalue weighted by Gasteiger charge is -2.15. The van der Waals surface area contributed by atoms with Gasteiger partial charge in [0.05, 0.1) is 11.6 Å². The van der Waals surface area contributed by atoms with Crippen LogP contribution in [0, 0.1) is 18.3 Å². The van der Waals surface area contributed by atoms with E-state index in [0.29, 0.717) is 17.0 Å². The normalized spacial score (nSPS) is 9.83. The second-order valence-electron chi connectivity index (χ2n) is 3.85. The fraction of sp³-hybridized carbons (Fsp3) is 0.154. The standard InChI is InChI=1S/C13H11N3O2/c1-9-7-12(15-18-9)13(17)16(2)11-5-3-10(8-14)4-6-11/h3-7H,1-2H3. The Labute approximate surface area is 104 Å². The molecule has 2 aromatic rings. The van der Waals surface area contributed by atoms with Gasteiger partial charge in [0.25, 0.3) is 5.91 Å². The van der Waals surface area contributed by atoms with E-state index in [1.807, 2.05) is 6.07 Å². The molecule has 0 spiro atoms. The Kier molecular flexibility index (Phi) is 3.11. The van der Waals surface area contributed by atoms with Crippen molar-refractivity contribution in [1.82, 2.24) is 5.16 Å². The summed E-state index contributed by atoms with van der Waals surface area (Å²) in [6.45, 7) is 1.73. The zero-order chi connectivity index (χ0) is 13.1. The summed E-state index contributed by atoms with van der Waals surface area (Å²) in [6.07, 6.45) is 0. The fourth-order valence-electron chi connectivity index (χ4n) is 1.52. The van der Waals surface area contributed by atoms with Crippen LogP contribution in [-0.4, -0.2) is 18.1 Å². The molecule has 1 aromatic heterocycles. The van der Waals surface area contributed by atoms with Crippen molar-refractivity contribution in [2.45, 2.75) is 6.92 Å². The number of aromatic nitrogens is 1. The molecule has 0 N–H and O–H groups in total. The topological polar surface area (TPSA) is 70.1 Å². The first-order valence-electron chi connectivity index (χ1n) is 5.33. The monoisotopic (exact) mass is 241 g/mol. The molecule has 0 atom stereocenters. The van der Waals surface area contributed by atoms with E-state index in [-0.39, 0.29) is 11.6 Å². The van der Waals surface area contributed by atoms with Gasteiger partial charge in [-0.3, -0.25) is 4.79 Å². The minimum Gasteiger partial charge on any atom is -0.361 e. The van der Waals surface area contributed by atoms with Gasteiger partial charge in [-0.2, -0.15) is 5.26 Å². The molecule has 0 bridgehead atoms. The summed E-state index contributed by atoms with van der Waals surface area (Å²) in [6, 6.07) is 10.4. The van der Waals surface area contributed by atoms with E-state index in [4.69, 9.17) is 9.78 Å². The van der Waals surface area contributed by atoms with Crippen LogP contribution in [-0.2, 0) is 0 Å². The minimum absolute atomic E-state index is 0.253. The van der Waals surface area contributed by atoms with Gasteiger partial charge in [-0.25, -0.2) is 0 Å². The average molecular weight is 241 g/mol. The van der Waals surface area contributed by atoms with Crippen LogP contribution in [0.4, 0.5) is 5.69 Å². The van der Waals surface area contributed by atoms with Gasteiger partial charge in [-0.1, -0.05) is 5.16 Å². The van der Waals surface area contributed by atoms with Crippen molar-refractivity contribution in [3.05, 3.63) is 47.3 Å². The minimum atomic E-state index is -0.253. The maximum atomic E-state index is 12.1. The number of carbonyl (C=O) groups excluding carboxylic acids is 1. The van der Waals surface area contributed by atoms with Gasteiger partial charge in [0.1, 0.15) is 5.76 Å². The Bertz CT molecular complexity index is 608. The predicted octanol–water partition coefficient (Wildman–Crippen LogP) is 2.13. The van der Waals surface area contributed by atoms with Crippen LogP contribution < -0.4 is 4.90 Å². The van der Waals surface area contributed by atoms with Gasteiger partial charge < -0.3 is 9.42 Å². The van der Waals surface area contributed by atoms with Crippen LogP contribution in [0.25, 0.3) is 0 Å². The molecule has 1 amide bonds. The largest absolute Gasteiger partial charge is 0.361 e. The first-order chi connectivity index (χ1) is 8.61. The Morgan fingerprint density at radius 1 is 1.39 bits per heavy atom. The highest BCUT2D eigenvalue weighted by Gasteiger charge is 2.17. The number of hydrogen-bond donors (Lipinski definition) is 0. The van der Waals surface area contributed by atoms with Crippen LogP contribution >= 0.6 is 0 Å². The summed E-state index contributed by atoms with van der Waals surface area (Å²) in [4.78, 5) is 13.5. The SMILES string of the molecule is Cc1cc(C(=O)N(C)c2ccc(C#N)cc2)no1. The second-order valence-corrected chi connectivity index (χ2v) is 3.85. The molecule has 0 unspecified atom stereocenters. The Morgan fingerprint density at radius 2 is 2.06 bits per heavy atom. The number of rotatable bonds is 2. The molecule has 0 saturated carbocycles. The van der Waals surface area contributed by atoms with Gasteiger partial charge in [-0.05, 0) is 31.2 Å². The van der Waals surface area contributed by atoms with E-state index in [2.05, 4.69) is 5.16 Å². The quantitative estimate of drug-likeness (QED) is 0.807. The summed E-state index contributed by atoms with van der Waals surface area (Å²) in [7, 11) is 1.65. The predicted molar refractivity (Wildman–Crippen MR) is 65.1 cm³/mol. The lowest BCUT2D eigenvalue weighted by Crippen LogP contribution is -2.26. The van der Waals surface area contributed by atoms with Gasteiger partial charge in [-0.15, -0.1) is 0 Å². The number of nitrogens with zero attached hydrogens (tertiary/aromatic N) is 3. The fourth-order valence-corrected chi connectivity index (χ4v) is 1.52. The molecule has 5 nitrogen and oxygen atoms in total. The number of amides is 1. The molecule has 0 aliphatic heterocycles. The summed E-state index contributed by atoms with van der Waals surface area (Å²) in [5.41, 5.74) is 1.51. The maximum absolute atomic E-state index is 12.1. The molecule has 2 rings (SSSR count). The first kappa shape index (κ1) is 11.9. The lowest BCUT2D eigenvalue weighted by molar-refractivity contribution is 0.0984. The van der Waals surface area contributed by atoms with Gasteiger partial charge in [0.15, 0.2) is 5.69 Å². The van der Waals surface area contributed by atoms with Crippen molar-refractivity contribution in [3.8, 4) is 6.07 Å². The molecule has 90 valence electrons. The van der Waals surface area contributed by atoms with E-state index < -0.39 is 0 Å². The van der Waals surface area contributed by atoms with Crippen molar-refractivity contribution in [2.75, 3.05) is 11.9 Å². The molecule has 1 heterocycles. The average Bonchev–Trinajstić information content (AvgIpc) is 2.84. The van der Waals surface area contributed by atoms with Gasteiger partial charge in [0.2, 0.25) is 0 Å². The molecule has 0 radical (unpaired) electrons. The van der Waals surface area contributed by atoms with Crippen LogP contribution in [0.1, 0.15) is 21.8 Å². The van der Waals surface area contributed by atoms with Crippen LogP contribution in [0.15, 0.2) is 34.9 Å². The molecule has 1 aromatic carbocycles. The molecular formula is C13H11N3O2. The third-order valence-corrected chi connectivity index (χ3v) is 2.54. The van der Waals surface area contributed by atoms with Gasteiger partial charge >= 0.3 is 0 Å². The lowest BCUT2D eigenvalue weighted by atomic mass is 10.2. The first-order valence-corrected chi connectivity index (χ1v) is 5.33. The highest BCUT2D eigenvalue weighted by molar-refractivity contribution is 6.04. The van der Waals surface area contributed by atoms with Crippen molar-refractivity contribution in [1.29, 1.82) is 5.26 Å². The third-order valence-electron chi connectivity index (χ3n) is 2.54. The van der Waals surface area contributed by atoms with E-state index in [1.54, 1.807) is 44.3 Å². The Balaban J connectivity index is 2.23. The Hall–Kier alpha value is -2.61. The number of benzene rings is 1. The second kappa shape index (κ2) is 4.72. The summed E-state index contributed by atoms with van der Waals surface area (Å²) >= 11 is 0. The summed E-state index contributed by atoms with van der Waals surface area (Å²) in [5.74, 6) is 0.336. The van der Waals surface area contributed by atoms with Crippen molar-refractivity contribution < 1.29 is 9.32 Å². The number of carbonyl (C=O) groups is 1. The molecule has 18 heavy (non-hydrogen) atoms. The maximum Gasteiger partial charge on any atom is 0.280 e. The third kappa shape index (κ3) is 2.23. The van der Waals surface area contributed by atoms with E-state index in [0.717, 1.165) is 0 Å². The number of nitriles is 1. The van der Waals surface area contributed by atoms with E-state index in [9.17, 15) is 4.79 Å². The molecule has 5 heteroatoms. The molecule has 0 fully saturated rings. The van der Waals surface area contributed by atoms with E-state index >= 15 is 0 Å². The van der Waals surface area contributed by atoms with Crippen molar-refractivity contribution in [2.24, 2.45) is 0 Å². The van der Waals surface area contributed by atoms with Crippen LogP contribution in [0.5, 0.6) is 0 Å². The molecule has 0 saturated heterocycles. The zero-order valence-corrected chi connectivity index (χ0v) is 10.0. The van der Waals surface area contributed by atoms with Gasteiger partial charge in [0, 0.05) is 18.8 Å². The highest BCUT2D eigenvalue weighted by atomic mass is 16.5. The molecular weight excluding hydrogens is 230 g/mol. The van der Waals surface area contributed by atoms with Crippen molar-refractivity contribution in [3.63, 3.8) is 0 Å². The summed E-state index contributed by atoms with van der Waals surface area (Å²) in [5, 5.41) is 12.4. The zero-order valence-electron chi connectivity index (χ0n) is 10.0. The Morgan fingerprint density at radius 3 is 2.56 bits per heavy atom. The van der Waals surface area contributed by atoms with Crippen LogP contribution in [0.3, 0.4) is 0 Å². The smallest absolute Gasteiger partial charge is 0.280 e. The molecule has 0 aliphatic carbocycles.